The largest absolute Gasteiger partial charge is 0.308 e. The second-order valence-electron chi connectivity index (χ2n) is 9.40. The Morgan fingerprint density at radius 3 is 1.25 bits per heavy atom. The number of unbranched alkanes of at least 4 members (excludes halogenated alkanes) is 9. The highest BCUT2D eigenvalue weighted by Crippen LogP contribution is 2.12. The summed E-state index contributed by atoms with van der Waals surface area (Å²) in [6.07, 6.45) is 14.2. The number of hydrogen-bond acceptors (Lipinski definition) is 5. The predicted octanol–water partition coefficient (Wildman–Crippen LogP) is 3.82. The topological polar surface area (TPSA) is 16.2 Å². The molecule has 0 N–H and O–H groups in total. The maximum Gasteiger partial charge on any atom is 0.0531 e. The molecule has 1 saturated heterocycles. The lowest BCUT2D eigenvalue weighted by molar-refractivity contribution is -0.0335. The molecule has 0 aromatic heterocycles. The van der Waals surface area contributed by atoms with E-state index in [0.29, 0.717) is 0 Å². The van der Waals surface area contributed by atoms with Crippen molar-refractivity contribution in [3.05, 3.63) is 0 Å². The zero-order valence-electron chi connectivity index (χ0n) is 20.0. The molecular weight excluding hydrogens is 346 g/mol. The molecule has 168 valence electrons. The van der Waals surface area contributed by atoms with Gasteiger partial charge < -0.3 is 9.80 Å². The highest BCUT2D eigenvalue weighted by Gasteiger charge is 2.22. The van der Waals surface area contributed by atoms with Crippen LogP contribution < -0.4 is 0 Å². The first-order valence-corrected chi connectivity index (χ1v) is 12.0. The van der Waals surface area contributed by atoms with Gasteiger partial charge in [-0.2, -0.15) is 0 Å². The van der Waals surface area contributed by atoms with Crippen LogP contribution in [0.4, 0.5) is 0 Å². The average molecular weight is 398 g/mol. The summed E-state index contributed by atoms with van der Waals surface area (Å²) in [6, 6.07) is 0. The fraction of sp³-hybridized carbons (Fsp3) is 1.00. The van der Waals surface area contributed by atoms with Crippen molar-refractivity contribution >= 4 is 0 Å². The summed E-state index contributed by atoms with van der Waals surface area (Å²) in [7, 11) is 8.70. The van der Waals surface area contributed by atoms with Crippen molar-refractivity contribution in [3.8, 4) is 0 Å². The van der Waals surface area contributed by atoms with Crippen molar-refractivity contribution in [3.63, 3.8) is 0 Å². The summed E-state index contributed by atoms with van der Waals surface area (Å²) < 4.78 is 0. The van der Waals surface area contributed by atoms with Gasteiger partial charge in [0.15, 0.2) is 0 Å². The SMILES string of the molecule is CCCCCCCCCCCCN1CN(CCN(C)C)CN(CCN(C)C)C1. The number of hydrogen-bond donors (Lipinski definition) is 0. The number of rotatable bonds is 17. The molecule has 0 amide bonds. The van der Waals surface area contributed by atoms with E-state index in [4.69, 9.17) is 0 Å². The van der Waals surface area contributed by atoms with Gasteiger partial charge in [-0.1, -0.05) is 64.7 Å². The smallest absolute Gasteiger partial charge is 0.0531 e. The van der Waals surface area contributed by atoms with Gasteiger partial charge in [-0.25, -0.2) is 0 Å². The Morgan fingerprint density at radius 2 is 0.857 bits per heavy atom. The van der Waals surface area contributed by atoms with Gasteiger partial charge in [0.25, 0.3) is 0 Å². The van der Waals surface area contributed by atoms with Crippen LogP contribution in [0.1, 0.15) is 71.1 Å². The minimum absolute atomic E-state index is 1.12. The van der Waals surface area contributed by atoms with E-state index < -0.39 is 0 Å². The average Bonchev–Trinajstić information content (AvgIpc) is 2.66. The molecule has 0 unspecified atom stereocenters. The maximum atomic E-state index is 2.67. The van der Waals surface area contributed by atoms with E-state index >= 15 is 0 Å². The second kappa shape index (κ2) is 16.6. The Kier molecular flexibility index (Phi) is 15.3. The van der Waals surface area contributed by atoms with Crippen molar-refractivity contribution < 1.29 is 0 Å². The normalized spacial score (nSPS) is 17.2. The summed E-state index contributed by atoms with van der Waals surface area (Å²) in [5.74, 6) is 0. The summed E-state index contributed by atoms with van der Waals surface area (Å²) in [4.78, 5) is 12.5. The van der Waals surface area contributed by atoms with E-state index in [2.05, 4.69) is 59.6 Å². The van der Waals surface area contributed by atoms with Gasteiger partial charge in [0, 0.05) is 32.7 Å². The van der Waals surface area contributed by atoms with Gasteiger partial charge in [0.2, 0.25) is 0 Å². The summed E-state index contributed by atoms with van der Waals surface area (Å²) in [5.41, 5.74) is 0. The van der Waals surface area contributed by atoms with Gasteiger partial charge in [-0.15, -0.1) is 0 Å². The third-order valence-corrected chi connectivity index (χ3v) is 5.75. The standard InChI is InChI=1S/C23H51N5/c1-6-7-8-9-10-11-12-13-14-15-16-26-21-27(19-17-24(2)3)23-28(22-26)20-18-25(4)5/h6-23H2,1-5H3. The van der Waals surface area contributed by atoms with Crippen LogP contribution in [0.5, 0.6) is 0 Å². The van der Waals surface area contributed by atoms with Gasteiger partial charge in [-0.3, -0.25) is 14.7 Å². The molecule has 28 heavy (non-hydrogen) atoms. The molecule has 1 aliphatic heterocycles. The van der Waals surface area contributed by atoms with Gasteiger partial charge in [0.05, 0.1) is 20.0 Å². The van der Waals surface area contributed by atoms with Crippen LogP contribution in [0.2, 0.25) is 0 Å². The molecule has 0 aliphatic carbocycles. The molecule has 0 radical (unpaired) electrons. The highest BCUT2D eigenvalue weighted by atomic mass is 15.5. The van der Waals surface area contributed by atoms with E-state index in [9.17, 15) is 0 Å². The van der Waals surface area contributed by atoms with Crippen LogP contribution in [0.15, 0.2) is 0 Å². The van der Waals surface area contributed by atoms with Crippen LogP contribution in [-0.4, -0.2) is 105 Å². The third kappa shape index (κ3) is 13.9. The molecule has 1 heterocycles. The molecule has 5 nitrogen and oxygen atoms in total. The monoisotopic (exact) mass is 397 g/mol. The molecule has 5 heteroatoms. The van der Waals surface area contributed by atoms with E-state index in [1.54, 1.807) is 0 Å². The Balaban J connectivity index is 2.19. The summed E-state index contributed by atoms with van der Waals surface area (Å²) in [5, 5.41) is 0. The van der Waals surface area contributed by atoms with Crippen LogP contribution in [0.25, 0.3) is 0 Å². The summed E-state index contributed by atoms with van der Waals surface area (Å²) in [6.45, 7) is 11.6. The van der Waals surface area contributed by atoms with Gasteiger partial charge in [-0.05, 0) is 34.6 Å². The lowest BCUT2D eigenvalue weighted by Gasteiger charge is -2.43. The van der Waals surface area contributed by atoms with Crippen LogP contribution in [0.3, 0.4) is 0 Å². The van der Waals surface area contributed by atoms with Crippen molar-refractivity contribution in [1.29, 1.82) is 0 Å². The van der Waals surface area contributed by atoms with Crippen LogP contribution >= 0.6 is 0 Å². The minimum Gasteiger partial charge on any atom is -0.308 e. The molecule has 1 fully saturated rings. The first-order chi connectivity index (χ1) is 13.5. The number of nitrogens with zero attached hydrogens (tertiary/aromatic N) is 5. The highest BCUT2D eigenvalue weighted by molar-refractivity contribution is 4.71. The van der Waals surface area contributed by atoms with E-state index in [1.165, 1.54) is 83.8 Å². The molecule has 1 aliphatic rings. The molecule has 0 bridgehead atoms. The maximum absolute atomic E-state index is 2.67. The van der Waals surface area contributed by atoms with Crippen molar-refractivity contribution in [2.45, 2.75) is 71.1 Å². The third-order valence-electron chi connectivity index (χ3n) is 5.75. The Bertz CT molecular complexity index is 328. The molecule has 0 saturated carbocycles. The predicted molar refractivity (Wildman–Crippen MR) is 124 cm³/mol. The van der Waals surface area contributed by atoms with Crippen LogP contribution in [-0.2, 0) is 0 Å². The lowest BCUT2D eigenvalue weighted by Crippen LogP contribution is -2.56. The zero-order valence-corrected chi connectivity index (χ0v) is 20.0. The first kappa shape index (κ1) is 25.8. The molecular formula is C23H51N5. The Hall–Kier alpha value is -0.200. The fourth-order valence-electron chi connectivity index (χ4n) is 3.91. The Labute approximate surface area is 177 Å². The van der Waals surface area contributed by atoms with E-state index in [0.717, 1.165) is 33.1 Å². The number of likely N-dealkylation sites (N-methyl/N-ethyl adjacent to an activating group) is 2. The molecule has 0 aromatic carbocycles. The fourth-order valence-corrected chi connectivity index (χ4v) is 3.91. The quantitative estimate of drug-likeness (QED) is 0.346. The zero-order chi connectivity index (χ0) is 20.6. The van der Waals surface area contributed by atoms with Gasteiger partial charge >= 0.3 is 0 Å². The van der Waals surface area contributed by atoms with Crippen LogP contribution in [0, 0.1) is 0 Å². The first-order valence-electron chi connectivity index (χ1n) is 12.0. The minimum atomic E-state index is 1.12. The van der Waals surface area contributed by atoms with E-state index in [1.807, 2.05) is 0 Å². The molecule has 0 atom stereocenters. The van der Waals surface area contributed by atoms with E-state index in [-0.39, 0.29) is 0 Å². The van der Waals surface area contributed by atoms with Crippen molar-refractivity contribution in [2.24, 2.45) is 0 Å². The lowest BCUT2D eigenvalue weighted by atomic mass is 10.1. The molecule has 0 aromatic rings. The molecule has 1 rings (SSSR count). The van der Waals surface area contributed by atoms with Crippen molar-refractivity contribution in [1.82, 2.24) is 24.5 Å². The molecule has 0 spiro atoms. The second-order valence-corrected chi connectivity index (χ2v) is 9.40. The van der Waals surface area contributed by atoms with Gasteiger partial charge in [0.1, 0.15) is 0 Å². The Morgan fingerprint density at radius 1 is 0.500 bits per heavy atom. The van der Waals surface area contributed by atoms with Crippen molar-refractivity contribution in [2.75, 3.05) is 80.9 Å². The summed E-state index contributed by atoms with van der Waals surface area (Å²) >= 11 is 0.